The first-order valence-corrected chi connectivity index (χ1v) is 8.94. The minimum atomic E-state index is 0.429. The zero-order chi connectivity index (χ0) is 15.5. The molecule has 1 unspecified atom stereocenters. The highest BCUT2D eigenvalue weighted by Gasteiger charge is 2.27. The molecule has 0 spiro atoms. The molecule has 0 radical (unpaired) electrons. The second-order valence-electron chi connectivity index (χ2n) is 7.31. The molecule has 1 aliphatic rings. The number of benzene rings is 1. The molecule has 2 rings (SSSR count). The van der Waals surface area contributed by atoms with Crippen molar-refractivity contribution in [3.8, 4) is 0 Å². The van der Waals surface area contributed by atoms with Gasteiger partial charge in [-0.1, -0.05) is 26.8 Å². The zero-order valence-electron chi connectivity index (χ0n) is 13.7. The van der Waals surface area contributed by atoms with E-state index in [0.717, 1.165) is 18.9 Å². The third-order valence-electron chi connectivity index (χ3n) is 4.74. The SMILES string of the molecule is CC(C)(C)C1CCCN(c2ccc(CCN)cc2Br)CC1. The zero-order valence-corrected chi connectivity index (χ0v) is 15.2. The molecule has 0 amide bonds. The molecule has 1 aliphatic heterocycles. The molecule has 1 aromatic rings. The van der Waals surface area contributed by atoms with E-state index in [9.17, 15) is 0 Å². The Hall–Kier alpha value is -0.540. The third kappa shape index (κ3) is 4.46. The summed E-state index contributed by atoms with van der Waals surface area (Å²) >= 11 is 3.75. The van der Waals surface area contributed by atoms with Crippen molar-refractivity contribution in [1.29, 1.82) is 0 Å². The molecule has 2 N–H and O–H groups in total. The highest BCUT2D eigenvalue weighted by atomic mass is 79.9. The van der Waals surface area contributed by atoms with Gasteiger partial charge in [-0.15, -0.1) is 0 Å². The van der Waals surface area contributed by atoms with Crippen LogP contribution in [0.5, 0.6) is 0 Å². The Morgan fingerprint density at radius 1 is 1.24 bits per heavy atom. The van der Waals surface area contributed by atoms with Gasteiger partial charge < -0.3 is 10.6 Å². The van der Waals surface area contributed by atoms with Crippen LogP contribution in [0, 0.1) is 11.3 Å². The molecule has 1 heterocycles. The van der Waals surface area contributed by atoms with Gasteiger partial charge in [-0.3, -0.25) is 0 Å². The summed E-state index contributed by atoms with van der Waals surface area (Å²) in [4.78, 5) is 2.54. The average Bonchev–Trinajstić information content (AvgIpc) is 2.64. The van der Waals surface area contributed by atoms with Gasteiger partial charge in [0.25, 0.3) is 0 Å². The maximum absolute atomic E-state index is 5.64. The van der Waals surface area contributed by atoms with Crippen molar-refractivity contribution in [2.24, 2.45) is 17.1 Å². The van der Waals surface area contributed by atoms with Crippen molar-refractivity contribution in [2.75, 3.05) is 24.5 Å². The summed E-state index contributed by atoms with van der Waals surface area (Å²) in [6.07, 6.45) is 4.88. The molecule has 118 valence electrons. The van der Waals surface area contributed by atoms with Crippen LogP contribution in [-0.2, 0) is 6.42 Å². The summed E-state index contributed by atoms with van der Waals surface area (Å²) in [5, 5.41) is 0. The molecule has 2 nitrogen and oxygen atoms in total. The monoisotopic (exact) mass is 352 g/mol. The van der Waals surface area contributed by atoms with Crippen molar-refractivity contribution >= 4 is 21.6 Å². The Balaban J connectivity index is 2.09. The predicted molar refractivity (Wildman–Crippen MR) is 95.9 cm³/mol. The highest BCUT2D eigenvalue weighted by molar-refractivity contribution is 9.10. The van der Waals surface area contributed by atoms with Crippen LogP contribution >= 0.6 is 15.9 Å². The quantitative estimate of drug-likeness (QED) is 0.860. The molecule has 0 aromatic heterocycles. The summed E-state index contributed by atoms with van der Waals surface area (Å²) in [5.74, 6) is 0.831. The lowest BCUT2D eigenvalue weighted by molar-refractivity contribution is 0.220. The molecular formula is C18H29BrN2. The van der Waals surface area contributed by atoms with Crippen LogP contribution < -0.4 is 10.6 Å². The van der Waals surface area contributed by atoms with Crippen molar-refractivity contribution in [1.82, 2.24) is 0 Å². The molecular weight excluding hydrogens is 324 g/mol. The van der Waals surface area contributed by atoms with E-state index in [1.807, 2.05) is 0 Å². The van der Waals surface area contributed by atoms with Crippen LogP contribution in [0.4, 0.5) is 5.69 Å². The molecule has 21 heavy (non-hydrogen) atoms. The Kier molecular flexibility index (Phi) is 5.73. The molecule has 0 saturated carbocycles. The van der Waals surface area contributed by atoms with Gasteiger partial charge in [0.2, 0.25) is 0 Å². The van der Waals surface area contributed by atoms with Crippen LogP contribution in [0.2, 0.25) is 0 Å². The number of hydrogen-bond acceptors (Lipinski definition) is 2. The normalized spacial score (nSPS) is 20.4. The molecule has 3 heteroatoms. The van der Waals surface area contributed by atoms with Crippen LogP contribution in [0.25, 0.3) is 0 Å². The van der Waals surface area contributed by atoms with Crippen LogP contribution in [0.15, 0.2) is 22.7 Å². The van der Waals surface area contributed by atoms with E-state index in [2.05, 4.69) is 59.8 Å². The van der Waals surface area contributed by atoms with Gasteiger partial charge in [-0.05, 0) is 77.2 Å². The average molecular weight is 353 g/mol. The van der Waals surface area contributed by atoms with E-state index < -0.39 is 0 Å². The molecule has 0 aliphatic carbocycles. The Bertz CT molecular complexity index is 465. The number of rotatable bonds is 3. The van der Waals surface area contributed by atoms with E-state index in [-0.39, 0.29) is 0 Å². The molecule has 1 atom stereocenters. The second kappa shape index (κ2) is 7.15. The Morgan fingerprint density at radius 3 is 2.62 bits per heavy atom. The second-order valence-corrected chi connectivity index (χ2v) is 8.16. The van der Waals surface area contributed by atoms with Gasteiger partial charge in [0.1, 0.15) is 0 Å². The maximum atomic E-state index is 5.64. The summed E-state index contributed by atoms with van der Waals surface area (Å²) in [6, 6.07) is 6.71. The molecule has 1 fully saturated rings. The summed E-state index contributed by atoms with van der Waals surface area (Å²) in [6.45, 7) is 10.2. The highest BCUT2D eigenvalue weighted by Crippen LogP contribution is 2.36. The van der Waals surface area contributed by atoms with Gasteiger partial charge in [0.15, 0.2) is 0 Å². The Labute approximate surface area is 138 Å². The van der Waals surface area contributed by atoms with Crippen molar-refractivity contribution in [3.05, 3.63) is 28.2 Å². The topological polar surface area (TPSA) is 29.3 Å². The van der Waals surface area contributed by atoms with Gasteiger partial charge in [-0.2, -0.15) is 0 Å². The molecule has 1 saturated heterocycles. The van der Waals surface area contributed by atoms with Crippen LogP contribution in [0.3, 0.4) is 0 Å². The Morgan fingerprint density at radius 2 is 2.00 bits per heavy atom. The number of nitrogens with two attached hydrogens (primary N) is 1. The van der Waals surface area contributed by atoms with Gasteiger partial charge in [0.05, 0.1) is 5.69 Å². The van der Waals surface area contributed by atoms with E-state index >= 15 is 0 Å². The first kappa shape index (κ1) is 16.8. The smallest absolute Gasteiger partial charge is 0.0510 e. The largest absolute Gasteiger partial charge is 0.371 e. The predicted octanol–water partition coefficient (Wildman–Crippen LogP) is 4.60. The van der Waals surface area contributed by atoms with Crippen LogP contribution in [0.1, 0.15) is 45.6 Å². The maximum Gasteiger partial charge on any atom is 0.0510 e. The number of nitrogens with zero attached hydrogens (tertiary/aromatic N) is 1. The third-order valence-corrected chi connectivity index (χ3v) is 5.37. The summed E-state index contributed by atoms with van der Waals surface area (Å²) < 4.78 is 1.21. The minimum Gasteiger partial charge on any atom is -0.371 e. The standard InChI is InChI=1S/C18H29BrN2/c1-18(2,3)15-5-4-11-21(12-9-15)17-7-6-14(8-10-20)13-16(17)19/h6-7,13,15H,4-5,8-12,20H2,1-3H3. The minimum absolute atomic E-state index is 0.429. The molecule has 0 bridgehead atoms. The van der Waals surface area contributed by atoms with E-state index in [4.69, 9.17) is 5.73 Å². The number of halogens is 1. The number of anilines is 1. The van der Waals surface area contributed by atoms with Crippen molar-refractivity contribution in [2.45, 2.75) is 46.5 Å². The fraction of sp³-hybridized carbons (Fsp3) is 0.667. The number of hydrogen-bond donors (Lipinski definition) is 1. The summed E-state index contributed by atoms with van der Waals surface area (Å²) in [5.41, 5.74) is 8.72. The van der Waals surface area contributed by atoms with Crippen molar-refractivity contribution < 1.29 is 0 Å². The lowest BCUT2D eigenvalue weighted by atomic mass is 9.77. The van der Waals surface area contributed by atoms with E-state index in [1.165, 1.54) is 41.5 Å². The fourth-order valence-corrected chi connectivity index (χ4v) is 4.01. The van der Waals surface area contributed by atoms with Crippen LogP contribution in [-0.4, -0.2) is 19.6 Å². The first-order valence-electron chi connectivity index (χ1n) is 8.15. The molecule has 1 aromatic carbocycles. The fourth-order valence-electron chi connectivity index (χ4n) is 3.33. The first-order chi connectivity index (χ1) is 9.91. The lowest BCUT2D eigenvalue weighted by Crippen LogP contribution is -2.26. The van der Waals surface area contributed by atoms with Gasteiger partial charge in [-0.25, -0.2) is 0 Å². The van der Waals surface area contributed by atoms with E-state index in [0.29, 0.717) is 12.0 Å². The van der Waals surface area contributed by atoms with Gasteiger partial charge in [0, 0.05) is 17.6 Å². The van der Waals surface area contributed by atoms with Crippen molar-refractivity contribution in [3.63, 3.8) is 0 Å². The van der Waals surface area contributed by atoms with Gasteiger partial charge >= 0.3 is 0 Å². The lowest BCUT2D eigenvalue weighted by Gasteiger charge is -2.30. The summed E-state index contributed by atoms with van der Waals surface area (Å²) in [7, 11) is 0. The van der Waals surface area contributed by atoms with E-state index in [1.54, 1.807) is 0 Å².